The molecule has 0 aromatic carbocycles. The van der Waals surface area contributed by atoms with Crippen LogP contribution in [0.3, 0.4) is 0 Å². The van der Waals surface area contributed by atoms with Crippen molar-refractivity contribution in [2.45, 2.75) is 64.4 Å². The Morgan fingerprint density at radius 2 is 2.14 bits per heavy atom. The average Bonchev–Trinajstić information content (AvgIpc) is 2.84. The van der Waals surface area contributed by atoms with Crippen LogP contribution in [0.4, 0.5) is 0 Å². The summed E-state index contributed by atoms with van der Waals surface area (Å²) in [5.74, 6) is 3.17. The first-order valence-corrected chi connectivity index (χ1v) is 9.09. The quantitative estimate of drug-likeness (QED) is 0.533. The Labute approximate surface area is 133 Å². The molecular formula is C20H27NO. The predicted molar refractivity (Wildman–Crippen MR) is 86.8 cm³/mol. The second-order valence-electron chi connectivity index (χ2n) is 8.28. The van der Waals surface area contributed by atoms with Gasteiger partial charge in [0.1, 0.15) is 0 Å². The van der Waals surface area contributed by atoms with Crippen molar-refractivity contribution in [1.29, 1.82) is 5.26 Å². The summed E-state index contributed by atoms with van der Waals surface area (Å²) in [6, 6.07) is 2.29. The van der Waals surface area contributed by atoms with Crippen LogP contribution in [0, 0.1) is 40.4 Å². The third-order valence-corrected chi connectivity index (χ3v) is 7.51. The number of allylic oxidation sites excluding steroid dienone is 3. The molecule has 2 heteroatoms. The van der Waals surface area contributed by atoms with Crippen LogP contribution in [-0.4, -0.2) is 11.2 Å². The lowest BCUT2D eigenvalue weighted by molar-refractivity contribution is 0.0142. The van der Waals surface area contributed by atoms with Gasteiger partial charge in [-0.2, -0.15) is 5.26 Å². The highest BCUT2D eigenvalue weighted by molar-refractivity contribution is 5.29. The summed E-state index contributed by atoms with van der Waals surface area (Å²) < 4.78 is 0. The Morgan fingerprint density at radius 1 is 1.27 bits per heavy atom. The molecule has 0 spiro atoms. The van der Waals surface area contributed by atoms with Crippen LogP contribution in [0.25, 0.3) is 0 Å². The Bertz CT molecular complexity index is 569. The number of rotatable bonds is 0. The first kappa shape index (κ1) is 14.5. The highest BCUT2D eigenvalue weighted by Crippen LogP contribution is 2.63. The van der Waals surface area contributed by atoms with E-state index in [1.54, 1.807) is 5.57 Å². The van der Waals surface area contributed by atoms with Gasteiger partial charge in [0.2, 0.25) is 0 Å². The van der Waals surface area contributed by atoms with E-state index in [9.17, 15) is 5.11 Å². The van der Waals surface area contributed by atoms with E-state index in [0.29, 0.717) is 0 Å². The summed E-state index contributed by atoms with van der Waals surface area (Å²) in [6.45, 7) is 2.42. The SMILES string of the molecule is C[C@]12CC[C@H]3[C@@H](CC=C4C[C@@H](O)CC[C@@H]43)[C@@H]1CC/C2=C\C#N. The molecule has 0 aromatic heterocycles. The molecule has 0 bridgehead atoms. The van der Waals surface area contributed by atoms with Gasteiger partial charge >= 0.3 is 0 Å². The zero-order chi connectivity index (χ0) is 15.3. The summed E-state index contributed by atoms with van der Waals surface area (Å²) >= 11 is 0. The normalized spacial score (nSPS) is 48.9. The number of aliphatic hydroxyl groups excluding tert-OH is 1. The molecular weight excluding hydrogens is 270 g/mol. The van der Waals surface area contributed by atoms with Crippen LogP contribution >= 0.6 is 0 Å². The smallest absolute Gasteiger partial charge is 0.0911 e. The first-order chi connectivity index (χ1) is 10.6. The highest BCUT2D eigenvalue weighted by atomic mass is 16.3. The number of hydrogen-bond acceptors (Lipinski definition) is 2. The molecule has 2 nitrogen and oxygen atoms in total. The van der Waals surface area contributed by atoms with Crippen LogP contribution < -0.4 is 0 Å². The van der Waals surface area contributed by atoms with Gasteiger partial charge < -0.3 is 5.11 Å². The second-order valence-corrected chi connectivity index (χ2v) is 8.28. The fraction of sp³-hybridized carbons (Fsp3) is 0.750. The summed E-state index contributed by atoms with van der Waals surface area (Å²) in [5.41, 5.74) is 3.28. The van der Waals surface area contributed by atoms with Gasteiger partial charge in [0.05, 0.1) is 12.2 Å². The topological polar surface area (TPSA) is 44.0 Å². The predicted octanol–water partition coefficient (Wildman–Crippen LogP) is 4.37. The summed E-state index contributed by atoms with van der Waals surface area (Å²) in [7, 11) is 0. The van der Waals surface area contributed by atoms with Crippen molar-refractivity contribution < 1.29 is 5.11 Å². The molecule has 0 radical (unpaired) electrons. The van der Waals surface area contributed by atoms with E-state index in [4.69, 9.17) is 5.26 Å². The molecule has 118 valence electrons. The fourth-order valence-electron chi connectivity index (χ4n) is 6.41. The zero-order valence-corrected chi connectivity index (χ0v) is 13.6. The van der Waals surface area contributed by atoms with Gasteiger partial charge in [0.25, 0.3) is 0 Å². The number of hydrogen-bond donors (Lipinski definition) is 1. The largest absolute Gasteiger partial charge is 0.393 e. The molecule has 4 aliphatic carbocycles. The summed E-state index contributed by atoms with van der Waals surface area (Å²) in [4.78, 5) is 0. The van der Waals surface area contributed by atoms with Crippen molar-refractivity contribution in [3.05, 3.63) is 23.3 Å². The number of nitrogens with zero attached hydrogens (tertiary/aromatic N) is 1. The lowest BCUT2D eigenvalue weighted by atomic mass is 9.52. The van der Waals surface area contributed by atoms with Crippen LogP contribution in [-0.2, 0) is 0 Å². The van der Waals surface area contributed by atoms with Gasteiger partial charge in [-0.05, 0) is 80.5 Å². The highest BCUT2D eigenvalue weighted by Gasteiger charge is 2.53. The third-order valence-electron chi connectivity index (χ3n) is 7.51. The third kappa shape index (κ3) is 2.02. The van der Waals surface area contributed by atoms with Gasteiger partial charge in [0, 0.05) is 6.08 Å². The van der Waals surface area contributed by atoms with Crippen molar-refractivity contribution in [3.8, 4) is 6.07 Å². The van der Waals surface area contributed by atoms with E-state index >= 15 is 0 Å². The monoisotopic (exact) mass is 297 g/mol. The minimum absolute atomic E-state index is 0.0930. The maximum Gasteiger partial charge on any atom is 0.0911 e. The summed E-state index contributed by atoms with van der Waals surface area (Å²) in [6.07, 6.45) is 13.6. The van der Waals surface area contributed by atoms with Crippen LogP contribution in [0.5, 0.6) is 0 Å². The molecule has 4 aliphatic rings. The van der Waals surface area contributed by atoms with Gasteiger partial charge in [0.15, 0.2) is 0 Å². The number of fused-ring (bicyclic) bond motifs is 5. The molecule has 1 N–H and O–H groups in total. The molecule has 0 amide bonds. The molecule has 4 rings (SSSR count). The van der Waals surface area contributed by atoms with Crippen molar-refractivity contribution in [1.82, 2.24) is 0 Å². The Hall–Kier alpha value is -1.07. The van der Waals surface area contributed by atoms with E-state index in [1.165, 1.54) is 37.7 Å². The average molecular weight is 297 g/mol. The summed E-state index contributed by atoms with van der Waals surface area (Å²) in [5, 5.41) is 19.0. The maximum absolute atomic E-state index is 9.95. The van der Waals surface area contributed by atoms with Crippen LogP contribution in [0.1, 0.15) is 58.3 Å². The number of nitriles is 1. The Kier molecular flexibility index (Phi) is 3.46. The van der Waals surface area contributed by atoms with E-state index in [-0.39, 0.29) is 11.5 Å². The minimum atomic E-state index is -0.0930. The molecule has 3 fully saturated rings. The van der Waals surface area contributed by atoms with Gasteiger partial charge in [-0.3, -0.25) is 0 Å². The molecule has 6 atom stereocenters. The first-order valence-electron chi connectivity index (χ1n) is 9.09. The molecule has 0 saturated heterocycles. The van der Waals surface area contributed by atoms with E-state index in [2.05, 4.69) is 19.1 Å². The van der Waals surface area contributed by atoms with Crippen molar-refractivity contribution in [2.24, 2.45) is 29.1 Å². The molecule has 0 unspecified atom stereocenters. The Balaban J connectivity index is 1.63. The van der Waals surface area contributed by atoms with E-state index in [0.717, 1.165) is 42.9 Å². The number of aliphatic hydroxyl groups is 1. The van der Waals surface area contributed by atoms with Gasteiger partial charge in [-0.1, -0.05) is 24.1 Å². The Morgan fingerprint density at radius 3 is 2.95 bits per heavy atom. The van der Waals surface area contributed by atoms with Crippen molar-refractivity contribution in [3.63, 3.8) is 0 Å². The second kappa shape index (κ2) is 5.24. The molecule has 3 saturated carbocycles. The lowest BCUT2D eigenvalue weighted by Crippen LogP contribution is -2.44. The standard InChI is InChI=1S/C20H27NO/c1-20-10-8-17-16-6-4-15(22)12-13(16)2-5-18(17)19(20)7-3-14(20)9-11-21/h2,9,15-19,22H,3-8,10,12H2,1H3/b14-9+/t15-,16-,17+,18+,19-,20+/m0/s1. The van der Waals surface area contributed by atoms with Crippen molar-refractivity contribution >= 4 is 0 Å². The van der Waals surface area contributed by atoms with Crippen LogP contribution in [0.15, 0.2) is 23.3 Å². The maximum atomic E-state index is 9.95. The molecule has 22 heavy (non-hydrogen) atoms. The molecule has 0 aliphatic heterocycles. The zero-order valence-electron chi connectivity index (χ0n) is 13.6. The van der Waals surface area contributed by atoms with E-state index < -0.39 is 0 Å². The molecule has 0 heterocycles. The fourth-order valence-corrected chi connectivity index (χ4v) is 6.41. The minimum Gasteiger partial charge on any atom is -0.393 e. The van der Waals surface area contributed by atoms with Crippen LogP contribution in [0.2, 0.25) is 0 Å². The van der Waals surface area contributed by atoms with E-state index in [1.807, 2.05) is 6.08 Å². The molecule has 0 aromatic rings. The van der Waals surface area contributed by atoms with Gasteiger partial charge in [-0.25, -0.2) is 0 Å². The van der Waals surface area contributed by atoms with Gasteiger partial charge in [-0.15, -0.1) is 0 Å². The van der Waals surface area contributed by atoms with Crippen molar-refractivity contribution in [2.75, 3.05) is 0 Å². The lowest BCUT2D eigenvalue weighted by Gasteiger charge is -2.52.